The van der Waals surface area contributed by atoms with Crippen molar-refractivity contribution < 1.29 is 33.3 Å². The smallest absolute Gasteiger partial charge is 0.336 e. The lowest BCUT2D eigenvalue weighted by Gasteiger charge is -2.38. The normalized spacial score (nSPS) is 21.5. The van der Waals surface area contributed by atoms with Crippen molar-refractivity contribution in [3.63, 3.8) is 0 Å². The summed E-state index contributed by atoms with van der Waals surface area (Å²) in [7, 11) is 4.32. The highest BCUT2D eigenvalue weighted by atomic mass is 79.9. The third-order valence-corrected chi connectivity index (χ3v) is 7.99. The van der Waals surface area contributed by atoms with Gasteiger partial charge < -0.3 is 24.3 Å². The van der Waals surface area contributed by atoms with Gasteiger partial charge in [0.2, 0.25) is 0 Å². The zero-order valence-corrected chi connectivity index (χ0v) is 23.8. The maximum absolute atomic E-state index is 13.9. The Labute approximate surface area is 224 Å². The summed E-state index contributed by atoms with van der Waals surface area (Å²) >= 11 is 5.27. The van der Waals surface area contributed by atoms with Crippen LogP contribution in [0, 0.1) is 11.8 Å². The first kappa shape index (κ1) is 28.1. The summed E-state index contributed by atoms with van der Waals surface area (Å²) in [5.41, 5.74) is 2.59. The molecule has 0 spiro atoms. The van der Waals surface area contributed by atoms with Crippen LogP contribution < -0.4 is 14.8 Å². The van der Waals surface area contributed by atoms with Crippen LogP contribution in [-0.2, 0) is 23.9 Å². The predicted molar refractivity (Wildman–Crippen MR) is 141 cm³/mol. The van der Waals surface area contributed by atoms with Crippen molar-refractivity contribution in [1.82, 2.24) is 5.32 Å². The van der Waals surface area contributed by atoms with Crippen LogP contribution in [-0.4, -0.2) is 57.2 Å². The number of carbonyl (C=O) groups is 3. The summed E-state index contributed by atoms with van der Waals surface area (Å²) < 4.78 is 22.2. The van der Waals surface area contributed by atoms with E-state index in [9.17, 15) is 14.4 Å². The summed E-state index contributed by atoms with van der Waals surface area (Å²) in [6.07, 6.45) is 0.453. The van der Waals surface area contributed by atoms with E-state index in [1.54, 1.807) is 30.8 Å². The van der Waals surface area contributed by atoms with E-state index in [1.165, 1.54) is 21.3 Å². The molecule has 196 valence electrons. The fraction of sp³-hybridized carbons (Fsp3) is 0.500. The maximum Gasteiger partial charge on any atom is 0.336 e. The van der Waals surface area contributed by atoms with Crippen LogP contribution in [0.25, 0.3) is 0 Å². The Kier molecular flexibility index (Phi) is 9.52. The van der Waals surface area contributed by atoms with Crippen molar-refractivity contribution in [2.45, 2.75) is 33.1 Å². The van der Waals surface area contributed by atoms with Crippen LogP contribution in [0.4, 0.5) is 0 Å². The monoisotopic (exact) mass is 581 g/mol. The first-order valence-electron chi connectivity index (χ1n) is 11.7. The fourth-order valence-corrected chi connectivity index (χ4v) is 5.81. The molecule has 1 aromatic carbocycles. The Bertz CT molecular complexity index is 1110. The summed E-state index contributed by atoms with van der Waals surface area (Å²) in [5.74, 6) is -0.959. The van der Waals surface area contributed by atoms with Gasteiger partial charge in [0.25, 0.3) is 0 Å². The van der Waals surface area contributed by atoms with Crippen molar-refractivity contribution >= 4 is 45.4 Å². The van der Waals surface area contributed by atoms with Crippen molar-refractivity contribution in [2.75, 3.05) is 39.4 Å². The van der Waals surface area contributed by atoms with Crippen LogP contribution in [0.1, 0.15) is 38.7 Å². The number of allylic oxidation sites excluding steroid dienone is 3. The molecule has 0 amide bonds. The molecule has 0 unspecified atom stereocenters. The van der Waals surface area contributed by atoms with E-state index >= 15 is 0 Å². The van der Waals surface area contributed by atoms with Crippen molar-refractivity contribution in [2.24, 2.45) is 11.8 Å². The summed E-state index contributed by atoms with van der Waals surface area (Å²) in [6, 6.07) is 3.48. The van der Waals surface area contributed by atoms with E-state index < -0.39 is 23.8 Å². The third kappa shape index (κ3) is 5.44. The molecule has 8 nitrogen and oxygen atoms in total. The number of dihydropyridines is 1. The molecule has 1 heterocycles. The van der Waals surface area contributed by atoms with Crippen molar-refractivity contribution in [3.05, 3.63) is 44.7 Å². The lowest BCUT2D eigenvalue weighted by molar-refractivity contribution is -0.151. The minimum atomic E-state index is -0.964. The second kappa shape index (κ2) is 12.2. The van der Waals surface area contributed by atoms with E-state index in [1.807, 2.05) is 13.8 Å². The zero-order chi connectivity index (χ0) is 26.6. The van der Waals surface area contributed by atoms with Gasteiger partial charge >= 0.3 is 11.9 Å². The van der Waals surface area contributed by atoms with Crippen molar-refractivity contribution in [3.8, 4) is 11.5 Å². The number of ketones is 1. The van der Waals surface area contributed by atoms with E-state index in [2.05, 4.69) is 21.2 Å². The molecular formula is C26H32BrNO7S. The molecule has 1 aliphatic carbocycles. The molecule has 0 aromatic heterocycles. The van der Waals surface area contributed by atoms with Gasteiger partial charge in [0.05, 0.1) is 26.9 Å². The molecule has 3 atom stereocenters. The number of ether oxygens (including phenoxy) is 4. The Morgan fingerprint density at radius 2 is 1.83 bits per heavy atom. The second-order valence-corrected chi connectivity index (χ2v) is 10.8. The Balaban J connectivity index is 2.19. The molecule has 2 aliphatic rings. The second-order valence-electron chi connectivity index (χ2n) is 8.60. The van der Waals surface area contributed by atoms with E-state index in [4.69, 9.17) is 18.9 Å². The lowest BCUT2D eigenvalue weighted by Crippen LogP contribution is -2.43. The first-order valence-corrected chi connectivity index (χ1v) is 13.6. The third-order valence-electron chi connectivity index (χ3n) is 6.44. The van der Waals surface area contributed by atoms with Gasteiger partial charge in [-0.05, 0) is 42.7 Å². The summed E-state index contributed by atoms with van der Waals surface area (Å²) in [6.45, 7) is 5.93. The number of carbonyl (C=O) groups excluding carboxylic acids is 3. The van der Waals surface area contributed by atoms with Crippen LogP contribution in [0.2, 0.25) is 0 Å². The minimum Gasteiger partial charge on any atom is -0.493 e. The van der Waals surface area contributed by atoms with Crippen LogP contribution in [0.5, 0.6) is 11.5 Å². The minimum absolute atomic E-state index is 0.246. The largest absolute Gasteiger partial charge is 0.493 e. The lowest BCUT2D eigenvalue weighted by atomic mass is 9.69. The number of rotatable bonds is 9. The van der Waals surface area contributed by atoms with Gasteiger partial charge in [0, 0.05) is 33.1 Å². The van der Waals surface area contributed by atoms with Gasteiger partial charge in [-0.1, -0.05) is 29.8 Å². The number of hydrogen-bond acceptors (Lipinski definition) is 9. The summed E-state index contributed by atoms with van der Waals surface area (Å²) in [5, 5.41) is 3.27. The Morgan fingerprint density at radius 3 is 2.44 bits per heavy atom. The molecule has 36 heavy (non-hydrogen) atoms. The van der Waals surface area contributed by atoms with E-state index in [-0.39, 0.29) is 18.3 Å². The number of thioether (sulfide) groups is 1. The number of benzene rings is 1. The molecular weight excluding hydrogens is 550 g/mol. The van der Waals surface area contributed by atoms with Gasteiger partial charge in [0.1, 0.15) is 12.5 Å². The van der Waals surface area contributed by atoms with Gasteiger partial charge in [-0.2, -0.15) is 11.8 Å². The molecule has 10 heteroatoms. The van der Waals surface area contributed by atoms with Crippen molar-refractivity contribution in [1.29, 1.82) is 0 Å². The topological polar surface area (TPSA) is 100 Å². The molecule has 0 saturated heterocycles. The predicted octanol–water partition coefficient (Wildman–Crippen LogP) is 4.38. The Hall–Kier alpha value is -2.46. The molecule has 1 aromatic rings. The molecule has 0 fully saturated rings. The van der Waals surface area contributed by atoms with Crippen LogP contribution in [0.3, 0.4) is 0 Å². The standard InChI is InChI=1S/C26H32BrNO7S/c1-7-36-9-8-35-26(31)21-14(3)28-17-10-13(2)20(25(30)34-6)24(29)23(17)22(21)15-11-18(32-4)19(33-5)12-16(15)27/h11-13,20,22,28H,7-10H2,1-6H3/t13-,20-,22+/m1/s1. The number of nitrogens with one attached hydrogen (secondary N) is 1. The molecule has 0 radical (unpaired) electrons. The number of halogens is 1. The average Bonchev–Trinajstić information content (AvgIpc) is 2.85. The average molecular weight is 583 g/mol. The SMILES string of the molecule is CCSCCOC(=O)C1=C(C)NC2=C(C(=O)[C@H](C(=O)OC)[C@H](C)C2)[C@H]1c1cc(OC)c(OC)cc1Br. The van der Waals surface area contributed by atoms with Gasteiger partial charge in [-0.25, -0.2) is 4.79 Å². The molecule has 1 N–H and O–H groups in total. The number of methoxy groups -OCH3 is 3. The highest BCUT2D eigenvalue weighted by Crippen LogP contribution is 2.49. The maximum atomic E-state index is 13.9. The fourth-order valence-electron chi connectivity index (χ4n) is 4.77. The number of hydrogen-bond donors (Lipinski definition) is 1. The zero-order valence-electron chi connectivity index (χ0n) is 21.4. The van der Waals surface area contributed by atoms with Gasteiger partial charge in [0.15, 0.2) is 17.3 Å². The highest BCUT2D eigenvalue weighted by molar-refractivity contribution is 9.10. The van der Waals surface area contributed by atoms with E-state index in [0.29, 0.717) is 56.2 Å². The summed E-state index contributed by atoms with van der Waals surface area (Å²) in [4.78, 5) is 39.9. The van der Waals surface area contributed by atoms with Crippen LogP contribution in [0.15, 0.2) is 39.1 Å². The molecule has 1 aliphatic heterocycles. The van der Waals surface area contributed by atoms with Gasteiger partial charge in [-0.15, -0.1) is 0 Å². The number of Topliss-reactive ketones (excluding diaryl/α,β-unsaturated/α-hetero) is 1. The first-order chi connectivity index (χ1) is 17.2. The number of esters is 2. The molecule has 0 bridgehead atoms. The Morgan fingerprint density at radius 1 is 1.17 bits per heavy atom. The highest BCUT2D eigenvalue weighted by Gasteiger charge is 2.47. The molecule has 3 rings (SSSR count). The van der Waals surface area contributed by atoms with Crippen LogP contribution >= 0.6 is 27.7 Å². The van der Waals surface area contributed by atoms with Gasteiger partial charge in [-0.3, -0.25) is 9.59 Å². The quantitative estimate of drug-likeness (QED) is 0.258. The van der Waals surface area contributed by atoms with E-state index in [0.717, 1.165) is 5.75 Å². The molecule has 0 saturated carbocycles.